The van der Waals surface area contributed by atoms with E-state index < -0.39 is 0 Å². The molecular formula is C22H40N6O2. The van der Waals surface area contributed by atoms with Crippen molar-refractivity contribution in [3.63, 3.8) is 0 Å². The first-order chi connectivity index (χ1) is 14.6. The van der Waals surface area contributed by atoms with Gasteiger partial charge in [0.2, 0.25) is 0 Å². The van der Waals surface area contributed by atoms with Crippen molar-refractivity contribution in [3.05, 3.63) is 17.0 Å². The molecule has 8 nitrogen and oxygen atoms in total. The highest BCUT2D eigenvalue weighted by molar-refractivity contribution is 5.79. The summed E-state index contributed by atoms with van der Waals surface area (Å²) >= 11 is 0. The van der Waals surface area contributed by atoms with Gasteiger partial charge >= 0.3 is 0 Å². The molecule has 0 unspecified atom stereocenters. The van der Waals surface area contributed by atoms with Crippen LogP contribution in [0, 0.1) is 13.8 Å². The van der Waals surface area contributed by atoms with Crippen molar-refractivity contribution in [2.75, 3.05) is 53.6 Å². The van der Waals surface area contributed by atoms with E-state index in [4.69, 9.17) is 9.47 Å². The van der Waals surface area contributed by atoms with E-state index in [1.165, 1.54) is 43.4 Å². The van der Waals surface area contributed by atoms with E-state index in [1.807, 2.05) is 11.7 Å². The Balaban J connectivity index is 1.59. The molecule has 0 spiro atoms. The van der Waals surface area contributed by atoms with E-state index >= 15 is 0 Å². The Hall–Kier alpha value is -1.64. The SMILES string of the molecule is CN=C(NCc1c(C)nn(CCOC)c1C)NCC1(N2CCOCC2)CCCCC1. The maximum atomic E-state index is 5.60. The second kappa shape index (κ2) is 11.1. The summed E-state index contributed by atoms with van der Waals surface area (Å²) < 4.78 is 12.8. The molecule has 1 aromatic rings. The summed E-state index contributed by atoms with van der Waals surface area (Å²) in [6, 6.07) is 0. The monoisotopic (exact) mass is 420 g/mol. The van der Waals surface area contributed by atoms with Crippen molar-refractivity contribution >= 4 is 5.96 Å². The number of ether oxygens (including phenoxy) is 2. The maximum absolute atomic E-state index is 5.60. The van der Waals surface area contributed by atoms with Crippen LogP contribution in [0.4, 0.5) is 0 Å². The lowest BCUT2D eigenvalue weighted by Crippen LogP contribution is -2.60. The molecule has 0 amide bonds. The first kappa shape index (κ1) is 23.0. The minimum atomic E-state index is 0.219. The number of rotatable bonds is 8. The molecule has 3 rings (SSSR count). The fourth-order valence-corrected chi connectivity index (χ4v) is 4.88. The Labute approximate surface area is 181 Å². The minimum Gasteiger partial charge on any atom is -0.383 e. The molecule has 1 saturated heterocycles. The highest BCUT2D eigenvalue weighted by Crippen LogP contribution is 2.33. The van der Waals surface area contributed by atoms with Crippen molar-refractivity contribution in [1.82, 2.24) is 25.3 Å². The lowest BCUT2D eigenvalue weighted by Gasteiger charge is -2.48. The molecule has 170 valence electrons. The second-order valence-corrected chi connectivity index (χ2v) is 8.53. The summed E-state index contributed by atoms with van der Waals surface area (Å²) in [6.07, 6.45) is 6.47. The number of nitrogens with one attached hydrogen (secondary N) is 2. The fourth-order valence-electron chi connectivity index (χ4n) is 4.88. The van der Waals surface area contributed by atoms with Gasteiger partial charge in [0.15, 0.2) is 5.96 Å². The molecule has 8 heteroatoms. The van der Waals surface area contributed by atoms with Crippen molar-refractivity contribution in [2.24, 2.45) is 4.99 Å². The van der Waals surface area contributed by atoms with Crippen LogP contribution in [0.1, 0.15) is 49.1 Å². The van der Waals surface area contributed by atoms with E-state index in [2.05, 4.69) is 39.5 Å². The van der Waals surface area contributed by atoms with Gasteiger partial charge in [0, 0.05) is 57.1 Å². The molecule has 1 aliphatic heterocycles. The Kier molecular flexibility index (Phi) is 8.53. The first-order valence-corrected chi connectivity index (χ1v) is 11.4. The Morgan fingerprint density at radius 2 is 1.90 bits per heavy atom. The zero-order valence-corrected chi connectivity index (χ0v) is 19.3. The lowest BCUT2D eigenvalue weighted by molar-refractivity contribution is -0.0352. The topological polar surface area (TPSA) is 75.9 Å². The van der Waals surface area contributed by atoms with E-state index in [0.717, 1.165) is 57.6 Å². The van der Waals surface area contributed by atoms with Crippen molar-refractivity contribution in [2.45, 2.75) is 64.6 Å². The van der Waals surface area contributed by atoms with E-state index in [-0.39, 0.29) is 5.54 Å². The summed E-state index contributed by atoms with van der Waals surface area (Å²) in [6.45, 7) is 11.0. The van der Waals surface area contributed by atoms with Crippen molar-refractivity contribution in [3.8, 4) is 0 Å². The van der Waals surface area contributed by atoms with Gasteiger partial charge in [-0.05, 0) is 26.7 Å². The summed E-state index contributed by atoms with van der Waals surface area (Å²) in [4.78, 5) is 7.14. The smallest absolute Gasteiger partial charge is 0.191 e. The van der Waals surface area contributed by atoms with Gasteiger partial charge in [-0.3, -0.25) is 14.6 Å². The van der Waals surface area contributed by atoms with Crippen LogP contribution < -0.4 is 10.6 Å². The van der Waals surface area contributed by atoms with Crippen LogP contribution in [0.3, 0.4) is 0 Å². The number of morpholine rings is 1. The van der Waals surface area contributed by atoms with E-state index in [0.29, 0.717) is 6.61 Å². The van der Waals surface area contributed by atoms with Crippen LogP contribution >= 0.6 is 0 Å². The molecule has 2 N–H and O–H groups in total. The largest absolute Gasteiger partial charge is 0.383 e. The summed E-state index contributed by atoms with van der Waals surface area (Å²) in [5.41, 5.74) is 3.69. The highest BCUT2D eigenvalue weighted by Gasteiger charge is 2.38. The van der Waals surface area contributed by atoms with Crippen molar-refractivity contribution in [1.29, 1.82) is 0 Å². The first-order valence-electron chi connectivity index (χ1n) is 11.4. The fraction of sp³-hybridized carbons (Fsp3) is 0.818. The zero-order valence-electron chi connectivity index (χ0n) is 19.3. The quantitative estimate of drug-likeness (QED) is 0.494. The normalized spacial score (nSPS) is 20.3. The summed E-state index contributed by atoms with van der Waals surface area (Å²) in [7, 11) is 3.57. The second-order valence-electron chi connectivity index (χ2n) is 8.53. The van der Waals surface area contributed by atoms with Gasteiger partial charge in [-0.25, -0.2) is 0 Å². The molecule has 30 heavy (non-hydrogen) atoms. The molecule has 1 aliphatic carbocycles. The van der Waals surface area contributed by atoms with Crippen LogP contribution in [0.25, 0.3) is 0 Å². The van der Waals surface area contributed by atoms with E-state index in [9.17, 15) is 0 Å². The van der Waals surface area contributed by atoms with Crippen LogP contribution in [0.15, 0.2) is 4.99 Å². The third kappa shape index (κ3) is 5.53. The van der Waals surface area contributed by atoms with Gasteiger partial charge in [0.1, 0.15) is 0 Å². The number of hydrogen-bond acceptors (Lipinski definition) is 5. The summed E-state index contributed by atoms with van der Waals surface area (Å²) in [5.74, 6) is 0.858. The number of aliphatic imine (C=N–C) groups is 1. The molecule has 0 atom stereocenters. The Morgan fingerprint density at radius 1 is 1.17 bits per heavy atom. The van der Waals surface area contributed by atoms with Gasteiger partial charge in [-0.15, -0.1) is 0 Å². The average Bonchev–Trinajstić information content (AvgIpc) is 3.06. The van der Waals surface area contributed by atoms with Crippen LogP contribution in [0.5, 0.6) is 0 Å². The van der Waals surface area contributed by atoms with Gasteiger partial charge < -0.3 is 20.1 Å². The predicted octanol–water partition coefficient (Wildman–Crippen LogP) is 1.85. The molecule has 1 saturated carbocycles. The zero-order chi connectivity index (χ0) is 21.4. The van der Waals surface area contributed by atoms with Crippen LogP contribution in [0.2, 0.25) is 0 Å². The third-order valence-corrected chi connectivity index (χ3v) is 6.75. The summed E-state index contributed by atoms with van der Waals surface area (Å²) in [5, 5.41) is 11.8. The third-order valence-electron chi connectivity index (χ3n) is 6.75. The molecule has 1 aromatic heterocycles. The van der Waals surface area contributed by atoms with Crippen LogP contribution in [-0.2, 0) is 22.6 Å². The Morgan fingerprint density at radius 3 is 2.57 bits per heavy atom. The van der Waals surface area contributed by atoms with E-state index in [1.54, 1.807) is 7.11 Å². The molecule has 0 radical (unpaired) electrons. The standard InChI is InChI=1S/C22H40N6O2/c1-18-20(19(2)28(26-18)12-13-29-4)16-24-21(23-3)25-17-22(8-6-5-7-9-22)27-10-14-30-15-11-27/h5-17H2,1-4H3,(H2,23,24,25). The van der Waals surface area contributed by atoms with Crippen LogP contribution in [-0.4, -0.2) is 79.8 Å². The van der Waals surface area contributed by atoms with Gasteiger partial charge in [-0.1, -0.05) is 19.3 Å². The number of hydrogen-bond donors (Lipinski definition) is 2. The number of nitrogens with zero attached hydrogens (tertiary/aromatic N) is 4. The Bertz CT molecular complexity index is 690. The molecule has 0 aromatic carbocycles. The minimum absolute atomic E-state index is 0.219. The van der Waals surface area contributed by atoms with Gasteiger partial charge in [-0.2, -0.15) is 5.10 Å². The predicted molar refractivity (Wildman–Crippen MR) is 120 cm³/mol. The molecule has 0 bridgehead atoms. The average molecular weight is 421 g/mol. The number of aromatic nitrogens is 2. The molecule has 2 heterocycles. The molecular weight excluding hydrogens is 380 g/mol. The number of guanidine groups is 1. The maximum Gasteiger partial charge on any atom is 0.191 e. The van der Waals surface area contributed by atoms with Gasteiger partial charge in [0.25, 0.3) is 0 Å². The molecule has 2 aliphatic rings. The van der Waals surface area contributed by atoms with Gasteiger partial charge in [0.05, 0.1) is 32.1 Å². The number of aryl methyl sites for hydroxylation is 1. The number of methoxy groups -OCH3 is 1. The van der Waals surface area contributed by atoms with Crippen molar-refractivity contribution < 1.29 is 9.47 Å². The molecule has 2 fully saturated rings. The highest BCUT2D eigenvalue weighted by atomic mass is 16.5. The lowest BCUT2D eigenvalue weighted by atomic mass is 9.80.